The number of hydrogen-bond acceptors (Lipinski definition) is 8. The quantitative estimate of drug-likeness (QED) is 0.428. The van der Waals surface area contributed by atoms with Gasteiger partial charge >= 0.3 is 0 Å². The summed E-state index contributed by atoms with van der Waals surface area (Å²) in [4.78, 5) is 21.8. The van der Waals surface area contributed by atoms with E-state index in [1.165, 1.54) is 24.3 Å². The molecule has 2 aromatic rings. The molecule has 0 radical (unpaired) electrons. The smallest absolute Gasteiger partial charge is 0.224 e. The maximum Gasteiger partial charge on any atom is 0.224 e. The molecule has 0 saturated carbocycles. The van der Waals surface area contributed by atoms with Gasteiger partial charge in [0.1, 0.15) is 20.2 Å². The van der Waals surface area contributed by atoms with E-state index in [0.29, 0.717) is 0 Å². The number of anilines is 2. The van der Waals surface area contributed by atoms with Crippen LogP contribution in [0.5, 0.6) is 0 Å². The molecule has 0 atom stereocenters. The third-order valence-corrected chi connectivity index (χ3v) is 6.00. The molecule has 0 spiro atoms. The van der Waals surface area contributed by atoms with Crippen molar-refractivity contribution in [3.63, 3.8) is 0 Å². The van der Waals surface area contributed by atoms with Crippen LogP contribution in [0.2, 0.25) is 0 Å². The van der Waals surface area contributed by atoms with Gasteiger partial charge in [-0.3, -0.25) is 9.59 Å². The van der Waals surface area contributed by atoms with Crippen molar-refractivity contribution >= 4 is 55.6 Å². The highest BCUT2D eigenvalue weighted by Gasteiger charge is 2.12. The Kier molecular flexibility index (Phi) is 7.91. The zero-order valence-corrected chi connectivity index (χ0v) is 18.7. The second-order valence-electron chi connectivity index (χ2n) is 6.55. The fourth-order valence-corrected chi connectivity index (χ4v) is 4.00. The summed E-state index contributed by atoms with van der Waals surface area (Å²) in [5.41, 5.74) is 0.0451. The van der Waals surface area contributed by atoms with E-state index in [1.54, 1.807) is 13.8 Å². The molecule has 2 rings (SSSR count). The lowest BCUT2D eigenvalue weighted by molar-refractivity contribution is -0.116. The van der Waals surface area contributed by atoms with Gasteiger partial charge in [0.15, 0.2) is 0 Å². The molecule has 32 heavy (non-hydrogen) atoms. The Hall–Kier alpha value is -3.06. The molecule has 0 aliphatic carbocycles. The number of rotatable bonds is 8. The highest BCUT2D eigenvalue weighted by atomic mass is 32.2. The molecular weight excluding hydrogens is 460 g/mol. The van der Waals surface area contributed by atoms with Gasteiger partial charge in [0, 0.05) is 24.2 Å². The lowest BCUT2D eigenvalue weighted by Crippen LogP contribution is -2.11. The Labute approximate surface area is 185 Å². The van der Waals surface area contributed by atoms with E-state index >= 15 is 0 Å². The van der Waals surface area contributed by atoms with Gasteiger partial charge in [-0.05, 0) is 35.4 Å². The predicted octanol–water partition coefficient (Wildman–Crippen LogP) is 2.36. The van der Waals surface area contributed by atoms with Crippen molar-refractivity contribution in [1.82, 2.24) is 0 Å². The Bertz CT molecular complexity index is 1180. The van der Waals surface area contributed by atoms with E-state index in [4.69, 9.17) is 0 Å². The van der Waals surface area contributed by atoms with Gasteiger partial charge in [-0.25, -0.2) is 16.8 Å². The summed E-state index contributed by atoms with van der Waals surface area (Å²) in [7, 11) is -9.89. The molecule has 0 fully saturated rings. The second kappa shape index (κ2) is 10.0. The van der Waals surface area contributed by atoms with Crippen LogP contribution in [0.15, 0.2) is 46.2 Å². The molecule has 0 saturated heterocycles. The van der Waals surface area contributed by atoms with Crippen molar-refractivity contribution in [2.45, 2.75) is 36.5 Å². The minimum atomic E-state index is -4.94. The number of nitrogens with one attached hydrogen (secondary N) is 2. The average Bonchev–Trinajstić information content (AvgIpc) is 2.71. The Morgan fingerprint density at radius 1 is 0.750 bits per heavy atom. The Morgan fingerprint density at radius 2 is 1.09 bits per heavy atom. The summed E-state index contributed by atoms with van der Waals surface area (Å²) in [5, 5.41) is 4.88. The normalized spacial score (nSPS) is 12.0. The van der Waals surface area contributed by atoms with Crippen LogP contribution in [0.1, 0.15) is 37.8 Å². The van der Waals surface area contributed by atoms with Gasteiger partial charge in [-0.2, -0.15) is 0 Å². The topological polar surface area (TPSA) is 173 Å². The van der Waals surface area contributed by atoms with Gasteiger partial charge in [0.2, 0.25) is 11.8 Å². The van der Waals surface area contributed by atoms with Crippen molar-refractivity contribution in [1.29, 1.82) is 0 Å². The van der Waals surface area contributed by atoms with E-state index in [2.05, 4.69) is 10.6 Å². The fourth-order valence-electron chi connectivity index (χ4n) is 2.61. The zero-order valence-electron chi connectivity index (χ0n) is 17.1. The van der Waals surface area contributed by atoms with Crippen molar-refractivity contribution in [3.05, 3.63) is 47.5 Å². The molecule has 0 aromatic heterocycles. The first-order valence-electron chi connectivity index (χ1n) is 9.32. The van der Waals surface area contributed by atoms with E-state index in [9.17, 15) is 35.5 Å². The molecule has 0 bridgehead atoms. The second-order valence-corrected chi connectivity index (χ2v) is 9.25. The van der Waals surface area contributed by atoms with Gasteiger partial charge in [-0.15, -0.1) is 0 Å². The van der Waals surface area contributed by atoms with Crippen molar-refractivity contribution in [3.8, 4) is 0 Å². The van der Waals surface area contributed by atoms with E-state index in [1.807, 2.05) is 0 Å². The number of benzene rings is 2. The molecule has 12 heteroatoms. The summed E-state index contributed by atoms with van der Waals surface area (Å²) in [6.07, 6.45) is 2.60. The van der Waals surface area contributed by atoms with Gasteiger partial charge < -0.3 is 19.7 Å². The lowest BCUT2D eigenvalue weighted by atomic mass is 10.1. The van der Waals surface area contributed by atoms with Crippen LogP contribution in [0.3, 0.4) is 0 Å². The highest BCUT2D eigenvalue weighted by Crippen LogP contribution is 2.26. The van der Waals surface area contributed by atoms with Gasteiger partial charge in [-0.1, -0.05) is 38.1 Å². The number of carbonyl (C=O) groups is 2. The van der Waals surface area contributed by atoms with E-state index in [0.717, 1.165) is 24.3 Å². The van der Waals surface area contributed by atoms with Crippen LogP contribution in [-0.2, 0) is 29.8 Å². The third-order valence-electron chi connectivity index (χ3n) is 4.22. The SMILES string of the molecule is CCC(=O)Nc1ccc(/C=C/c2ccc(NC(=O)CC)cc2S(=O)(=O)[O-])c(S(=O)(=O)[O-])c1. The van der Waals surface area contributed by atoms with E-state index in [-0.39, 0.29) is 47.2 Å². The summed E-state index contributed by atoms with van der Waals surface area (Å²) >= 11 is 0. The third kappa shape index (κ3) is 6.72. The molecule has 2 aromatic carbocycles. The summed E-state index contributed by atoms with van der Waals surface area (Å²) in [6.45, 7) is 3.19. The lowest BCUT2D eigenvalue weighted by Gasteiger charge is -2.15. The summed E-state index contributed by atoms with van der Waals surface area (Å²) < 4.78 is 70.1. The Morgan fingerprint density at radius 3 is 1.38 bits per heavy atom. The van der Waals surface area contributed by atoms with Crippen LogP contribution >= 0.6 is 0 Å². The van der Waals surface area contributed by atoms with Crippen LogP contribution in [-0.4, -0.2) is 37.8 Å². The molecule has 0 heterocycles. The number of amides is 2. The van der Waals surface area contributed by atoms with Gasteiger partial charge in [0.25, 0.3) is 0 Å². The molecule has 172 valence electrons. The van der Waals surface area contributed by atoms with Crippen molar-refractivity contribution < 1.29 is 35.5 Å². The minimum Gasteiger partial charge on any atom is -0.744 e. The summed E-state index contributed by atoms with van der Waals surface area (Å²) in [6, 6.07) is 7.24. The first-order valence-corrected chi connectivity index (χ1v) is 12.1. The Balaban J connectivity index is 2.52. The van der Waals surface area contributed by atoms with Crippen LogP contribution in [0.25, 0.3) is 12.2 Å². The van der Waals surface area contributed by atoms with Crippen LogP contribution in [0.4, 0.5) is 11.4 Å². The number of carbonyl (C=O) groups excluding carboxylic acids is 2. The first kappa shape index (κ1) is 25.2. The van der Waals surface area contributed by atoms with Crippen molar-refractivity contribution in [2.75, 3.05) is 10.6 Å². The first-order chi connectivity index (χ1) is 14.8. The summed E-state index contributed by atoms with van der Waals surface area (Å²) in [5.74, 6) is -0.772. The van der Waals surface area contributed by atoms with Crippen molar-refractivity contribution in [2.24, 2.45) is 0 Å². The average molecular weight is 481 g/mol. The molecular formula is C20H20N2O8S2-2. The predicted molar refractivity (Wildman–Crippen MR) is 116 cm³/mol. The maximum atomic E-state index is 11.7. The zero-order chi connectivity index (χ0) is 24.1. The van der Waals surface area contributed by atoms with Crippen LogP contribution in [0, 0.1) is 0 Å². The molecule has 0 aliphatic heterocycles. The van der Waals surface area contributed by atoms with Gasteiger partial charge in [0.05, 0.1) is 9.79 Å². The van der Waals surface area contributed by atoms with Crippen LogP contribution < -0.4 is 10.6 Å². The maximum absolute atomic E-state index is 11.7. The fraction of sp³-hybridized carbons (Fsp3) is 0.200. The molecule has 2 amide bonds. The molecule has 0 unspecified atom stereocenters. The largest absolute Gasteiger partial charge is 0.744 e. The standard InChI is InChI=1S/C20H22N2O8S2/c1-3-19(23)21-15-9-7-13(17(11-15)31(25,26)27)5-6-14-8-10-16(22-20(24)4-2)12-18(14)32(28,29)30/h5-12H,3-4H2,1-2H3,(H,21,23)(H,22,24)(H,25,26,27)(H,28,29,30)/p-2/b6-5+. The monoisotopic (exact) mass is 480 g/mol. The number of hydrogen-bond donors (Lipinski definition) is 2. The van der Waals surface area contributed by atoms with E-state index < -0.39 is 30.0 Å². The molecule has 2 N–H and O–H groups in total. The molecule has 10 nitrogen and oxygen atoms in total. The molecule has 0 aliphatic rings. The highest BCUT2D eigenvalue weighted by molar-refractivity contribution is 7.86. The minimum absolute atomic E-state index is 0.0768.